The van der Waals surface area contributed by atoms with Crippen LogP contribution >= 0.6 is 0 Å². The molecule has 0 bridgehead atoms. The lowest BCUT2D eigenvalue weighted by molar-refractivity contribution is 0.669. The average Bonchev–Trinajstić information content (AvgIpc) is 3.43. The van der Waals surface area contributed by atoms with Crippen LogP contribution in [0.5, 0.6) is 0 Å². The first-order chi connectivity index (χ1) is 20.3. The van der Waals surface area contributed by atoms with Gasteiger partial charge in [0.25, 0.3) is 0 Å². The van der Waals surface area contributed by atoms with Crippen LogP contribution in [0.3, 0.4) is 0 Å². The second-order valence-electron chi connectivity index (χ2n) is 10.4. The predicted molar refractivity (Wildman–Crippen MR) is 167 cm³/mol. The van der Waals surface area contributed by atoms with Crippen LogP contribution in [-0.2, 0) is 0 Å². The molecule has 1 aliphatic rings. The lowest BCUT2D eigenvalue weighted by Gasteiger charge is -2.14. The Morgan fingerprint density at radius 2 is 1.39 bits per heavy atom. The molecular weight excluding hydrogens is 502 g/mol. The van der Waals surface area contributed by atoms with Crippen molar-refractivity contribution in [2.24, 2.45) is 0 Å². The highest BCUT2D eigenvalue weighted by molar-refractivity contribution is 6.12. The summed E-state index contributed by atoms with van der Waals surface area (Å²) in [5, 5.41) is 4.52. The quantitative estimate of drug-likeness (QED) is 0.229. The maximum absolute atomic E-state index is 6.43. The number of fused-ring (bicyclic) bond motifs is 4. The summed E-state index contributed by atoms with van der Waals surface area (Å²) in [7, 11) is 0. The molecule has 0 N–H and O–H groups in total. The van der Waals surface area contributed by atoms with Gasteiger partial charge in [-0.05, 0) is 52.6 Å². The standard InChI is InChI=1S/C37H25N3O/c1-3-11-25(12-4-1)35-38-36(26-13-5-2-6-14-26)40-37(39-35)31-16-9-17-32-34(31)30-21-20-29(23-33(30)41-32)28-19-18-24-10-7-8-15-27(24)22-28/h1-13,15-23,26H,14H2. The van der Waals surface area contributed by atoms with E-state index in [-0.39, 0.29) is 5.92 Å². The summed E-state index contributed by atoms with van der Waals surface area (Å²) in [5.41, 5.74) is 5.85. The molecule has 194 valence electrons. The van der Waals surface area contributed by atoms with E-state index >= 15 is 0 Å². The van der Waals surface area contributed by atoms with Crippen LogP contribution in [0.2, 0.25) is 0 Å². The van der Waals surface area contributed by atoms with Crippen molar-refractivity contribution >= 4 is 32.7 Å². The lowest BCUT2D eigenvalue weighted by atomic mass is 9.98. The lowest BCUT2D eigenvalue weighted by Crippen LogP contribution is -2.07. The molecule has 0 amide bonds. The Kier molecular flexibility index (Phi) is 5.56. The zero-order valence-corrected chi connectivity index (χ0v) is 22.2. The highest BCUT2D eigenvalue weighted by atomic mass is 16.3. The van der Waals surface area contributed by atoms with E-state index in [9.17, 15) is 0 Å². The van der Waals surface area contributed by atoms with Crippen molar-refractivity contribution in [2.75, 3.05) is 0 Å². The summed E-state index contributed by atoms with van der Waals surface area (Å²) < 4.78 is 6.43. The third kappa shape index (κ3) is 4.21. The van der Waals surface area contributed by atoms with Crippen LogP contribution < -0.4 is 0 Å². The van der Waals surface area contributed by atoms with Crippen molar-refractivity contribution in [3.8, 4) is 33.9 Å². The molecule has 1 aliphatic carbocycles. The van der Waals surface area contributed by atoms with Crippen molar-refractivity contribution in [1.29, 1.82) is 0 Å². The van der Waals surface area contributed by atoms with Crippen LogP contribution in [0.25, 0.3) is 66.6 Å². The van der Waals surface area contributed by atoms with Crippen molar-refractivity contribution < 1.29 is 4.42 Å². The summed E-state index contributed by atoms with van der Waals surface area (Å²) in [4.78, 5) is 14.9. The van der Waals surface area contributed by atoms with Crippen LogP contribution in [0.15, 0.2) is 138 Å². The maximum atomic E-state index is 6.43. The Hall–Kier alpha value is -5.35. The molecule has 7 aromatic rings. The van der Waals surface area contributed by atoms with E-state index in [0.717, 1.165) is 56.4 Å². The third-order valence-electron chi connectivity index (χ3n) is 7.82. The molecule has 0 saturated carbocycles. The number of furan rings is 1. The summed E-state index contributed by atoms with van der Waals surface area (Å²) in [5.74, 6) is 2.22. The van der Waals surface area contributed by atoms with Gasteiger partial charge in [-0.3, -0.25) is 0 Å². The Balaban J connectivity index is 1.29. The SMILES string of the molecule is C1=CCC(c2nc(-c3ccccc3)nc(-c3cccc4oc5cc(-c6ccc7ccccc7c6)ccc5c34)n2)C=C1. The van der Waals surface area contributed by atoms with Gasteiger partial charge < -0.3 is 4.42 Å². The number of rotatable bonds is 4. The molecule has 8 rings (SSSR count). The van der Waals surface area contributed by atoms with E-state index in [2.05, 4.69) is 91.0 Å². The van der Waals surface area contributed by atoms with E-state index in [4.69, 9.17) is 19.4 Å². The number of benzene rings is 5. The first-order valence-electron chi connectivity index (χ1n) is 13.9. The maximum Gasteiger partial charge on any atom is 0.164 e. The molecule has 0 fully saturated rings. The van der Waals surface area contributed by atoms with Gasteiger partial charge in [-0.15, -0.1) is 0 Å². The van der Waals surface area contributed by atoms with Crippen molar-refractivity contribution in [3.63, 3.8) is 0 Å². The zero-order valence-electron chi connectivity index (χ0n) is 22.2. The summed E-state index contributed by atoms with van der Waals surface area (Å²) in [6.45, 7) is 0. The van der Waals surface area contributed by atoms with E-state index in [1.807, 2.05) is 42.5 Å². The Morgan fingerprint density at radius 1 is 0.585 bits per heavy atom. The van der Waals surface area contributed by atoms with E-state index in [1.165, 1.54) is 10.8 Å². The largest absolute Gasteiger partial charge is 0.456 e. The summed E-state index contributed by atoms with van der Waals surface area (Å²) >= 11 is 0. The van der Waals surface area contributed by atoms with E-state index < -0.39 is 0 Å². The van der Waals surface area contributed by atoms with Gasteiger partial charge in [-0.25, -0.2) is 15.0 Å². The molecule has 0 aliphatic heterocycles. The minimum absolute atomic E-state index is 0.106. The molecule has 1 unspecified atom stereocenters. The average molecular weight is 528 g/mol. The number of hydrogen-bond acceptors (Lipinski definition) is 4. The molecule has 2 heterocycles. The van der Waals surface area contributed by atoms with Crippen LogP contribution in [0.1, 0.15) is 18.2 Å². The zero-order chi connectivity index (χ0) is 27.2. The van der Waals surface area contributed by atoms with Gasteiger partial charge in [0.1, 0.15) is 17.0 Å². The van der Waals surface area contributed by atoms with Crippen LogP contribution in [-0.4, -0.2) is 15.0 Å². The fourth-order valence-corrected chi connectivity index (χ4v) is 5.73. The highest BCUT2D eigenvalue weighted by Crippen LogP contribution is 2.38. The van der Waals surface area contributed by atoms with E-state index in [1.54, 1.807) is 0 Å². The molecule has 0 radical (unpaired) electrons. The highest BCUT2D eigenvalue weighted by Gasteiger charge is 2.20. The van der Waals surface area contributed by atoms with Gasteiger partial charge in [0.2, 0.25) is 0 Å². The van der Waals surface area contributed by atoms with Gasteiger partial charge in [0, 0.05) is 27.8 Å². The topological polar surface area (TPSA) is 51.8 Å². The molecule has 0 spiro atoms. The first kappa shape index (κ1) is 23.5. The van der Waals surface area contributed by atoms with Crippen molar-refractivity contribution in [3.05, 3.63) is 139 Å². The Labute approximate surface area is 237 Å². The summed E-state index contributed by atoms with van der Waals surface area (Å²) in [6, 6.07) is 37.7. The molecule has 1 atom stereocenters. The van der Waals surface area contributed by atoms with Crippen LogP contribution in [0.4, 0.5) is 0 Å². The number of aromatic nitrogens is 3. The molecule has 4 heteroatoms. The van der Waals surface area contributed by atoms with Gasteiger partial charge in [-0.1, -0.05) is 109 Å². The molecular formula is C37H25N3O. The monoisotopic (exact) mass is 527 g/mol. The van der Waals surface area contributed by atoms with Gasteiger partial charge >= 0.3 is 0 Å². The first-order valence-corrected chi connectivity index (χ1v) is 13.9. The molecule has 0 saturated heterocycles. The smallest absolute Gasteiger partial charge is 0.164 e. The number of allylic oxidation sites excluding steroid dienone is 4. The fraction of sp³-hybridized carbons (Fsp3) is 0.0541. The second-order valence-corrected chi connectivity index (χ2v) is 10.4. The molecule has 4 nitrogen and oxygen atoms in total. The molecule has 5 aromatic carbocycles. The minimum atomic E-state index is 0.106. The van der Waals surface area contributed by atoms with Crippen molar-refractivity contribution in [1.82, 2.24) is 15.0 Å². The molecule has 2 aromatic heterocycles. The predicted octanol–water partition coefficient (Wildman–Crippen LogP) is 9.52. The van der Waals surface area contributed by atoms with Gasteiger partial charge in [0.05, 0.1) is 0 Å². The Morgan fingerprint density at radius 3 is 2.27 bits per heavy atom. The van der Waals surface area contributed by atoms with E-state index in [0.29, 0.717) is 11.6 Å². The molecule has 41 heavy (non-hydrogen) atoms. The van der Waals surface area contributed by atoms with Gasteiger partial charge in [-0.2, -0.15) is 0 Å². The fourth-order valence-electron chi connectivity index (χ4n) is 5.73. The normalized spacial score (nSPS) is 14.8. The second kappa shape index (κ2) is 9.68. The number of hydrogen-bond donors (Lipinski definition) is 0. The van der Waals surface area contributed by atoms with Gasteiger partial charge in [0.15, 0.2) is 11.6 Å². The third-order valence-corrected chi connectivity index (χ3v) is 7.82. The van der Waals surface area contributed by atoms with Crippen molar-refractivity contribution in [2.45, 2.75) is 12.3 Å². The summed E-state index contributed by atoms with van der Waals surface area (Å²) in [6.07, 6.45) is 9.33. The Bertz CT molecular complexity index is 2140. The minimum Gasteiger partial charge on any atom is -0.456 e. The number of nitrogens with zero attached hydrogens (tertiary/aromatic N) is 3. The van der Waals surface area contributed by atoms with Crippen LogP contribution in [0, 0.1) is 0 Å².